The van der Waals surface area contributed by atoms with Crippen LogP contribution in [0.15, 0.2) is 12.1 Å². The fourth-order valence-electron chi connectivity index (χ4n) is 1.78. The molecular formula is C16H20Cl2N2O2. The van der Waals surface area contributed by atoms with E-state index in [0.29, 0.717) is 21.4 Å². The van der Waals surface area contributed by atoms with Crippen LogP contribution in [0.25, 0.3) is 0 Å². The molecule has 4 nitrogen and oxygen atoms in total. The van der Waals surface area contributed by atoms with E-state index in [1.165, 1.54) is 0 Å². The second-order valence-electron chi connectivity index (χ2n) is 5.25. The highest BCUT2D eigenvalue weighted by Crippen LogP contribution is 2.33. The molecule has 3 unspecified atom stereocenters. The third-order valence-corrected chi connectivity index (χ3v) is 4.49. The van der Waals surface area contributed by atoms with Gasteiger partial charge in [-0.05, 0) is 37.5 Å². The molecule has 6 heteroatoms. The van der Waals surface area contributed by atoms with Crippen LogP contribution in [-0.2, 0) is 4.79 Å². The molecule has 0 saturated carbocycles. The molecule has 0 saturated heterocycles. The van der Waals surface area contributed by atoms with Crippen molar-refractivity contribution in [1.82, 2.24) is 5.32 Å². The summed E-state index contributed by atoms with van der Waals surface area (Å²) in [7, 11) is 0. The number of benzene rings is 1. The van der Waals surface area contributed by atoms with Crippen LogP contribution in [0.2, 0.25) is 10.0 Å². The summed E-state index contributed by atoms with van der Waals surface area (Å²) in [5.41, 5.74) is 0.697. The lowest BCUT2D eigenvalue weighted by atomic mass is 10.0. The molecule has 0 radical (unpaired) electrons. The van der Waals surface area contributed by atoms with Gasteiger partial charge in [0.25, 0.3) is 5.91 Å². The Labute approximate surface area is 141 Å². The van der Waals surface area contributed by atoms with Crippen molar-refractivity contribution in [3.8, 4) is 11.8 Å². The minimum atomic E-state index is -0.766. The SMILES string of the molecule is CCC(C)C(C#N)NC(=O)C(C)Oc1ccc(Cl)c(C)c1Cl. The van der Waals surface area contributed by atoms with E-state index in [2.05, 4.69) is 11.4 Å². The zero-order chi connectivity index (χ0) is 16.9. The molecule has 0 aliphatic rings. The molecule has 0 bridgehead atoms. The van der Waals surface area contributed by atoms with Gasteiger partial charge in [0.15, 0.2) is 6.10 Å². The summed E-state index contributed by atoms with van der Waals surface area (Å²) in [6.45, 7) is 7.27. The first-order chi connectivity index (χ1) is 10.3. The van der Waals surface area contributed by atoms with E-state index in [1.54, 1.807) is 26.0 Å². The fraction of sp³-hybridized carbons (Fsp3) is 0.500. The van der Waals surface area contributed by atoms with Gasteiger partial charge in [-0.2, -0.15) is 5.26 Å². The molecule has 1 N–H and O–H groups in total. The number of halogens is 2. The summed E-state index contributed by atoms with van der Waals surface area (Å²) in [5.74, 6) is 0.112. The molecule has 0 aliphatic heterocycles. The van der Waals surface area contributed by atoms with Crippen molar-refractivity contribution in [2.24, 2.45) is 5.92 Å². The molecule has 0 heterocycles. The topological polar surface area (TPSA) is 62.1 Å². The first-order valence-electron chi connectivity index (χ1n) is 7.13. The predicted octanol–water partition coefficient (Wildman–Crippen LogP) is 4.12. The van der Waals surface area contributed by atoms with Crippen LogP contribution in [0.1, 0.15) is 32.8 Å². The molecule has 1 rings (SSSR count). The number of nitrogens with zero attached hydrogens (tertiary/aromatic N) is 1. The number of hydrogen-bond donors (Lipinski definition) is 1. The zero-order valence-corrected chi connectivity index (χ0v) is 14.6. The lowest BCUT2D eigenvalue weighted by molar-refractivity contribution is -0.127. The van der Waals surface area contributed by atoms with Crippen LogP contribution in [-0.4, -0.2) is 18.1 Å². The Balaban J connectivity index is 2.77. The number of carbonyl (C=O) groups is 1. The first kappa shape index (κ1) is 18.6. The third kappa shape index (κ3) is 4.53. The van der Waals surface area contributed by atoms with Gasteiger partial charge in [0.2, 0.25) is 0 Å². The van der Waals surface area contributed by atoms with E-state index in [9.17, 15) is 4.79 Å². The van der Waals surface area contributed by atoms with Gasteiger partial charge < -0.3 is 10.1 Å². The van der Waals surface area contributed by atoms with Gasteiger partial charge in [0, 0.05) is 5.02 Å². The monoisotopic (exact) mass is 342 g/mol. The van der Waals surface area contributed by atoms with E-state index in [-0.39, 0.29) is 11.8 Å². The maximum Gasteiger partial charge on any atom is 0.261 e. The summed E-state index contributed by atoms with van der Waals surface area (Å²) in [6.07, 6.45) is 0.0358. The van der Waals surface area contributed by atoms with Crippen molar-refractivity contribution >= 4 is 29.1 Å². The minimum Gasteiger partial charge on any atom is -0.479 e. The summed E-state index contributed by atoms with van der Waals surface area (Å²) in [4.78, 5) is 12.1. The Hall–Kier alpha value is -1.44. The number of nitrogens with one attached hydrogen (secondary N) is 1. The quantitative estimate of drug-likeness (QED) is 0.845. The maximum absolute atomic E-state index is 12.1. The Kier molecular flexibility index (Phi) is 6.99. The van der Waals surface area contributed by atoms with E-state index < -0.39 is 12.1 Å². The van der Waals surface area contributed by atoms with Crippen LogP contribution < -0.4 is 10.1 Å². The third-order valence-electron chi connectivity index (χ3n) is 3.61. The van der Waals surface area contributed by atoms with Crippen molar-refractivity contribution < 1.29 is 9.53 Å². The largest absolute Gasteiger partial charge is 0.479 e. The van der Waals surface area contributed by atoms with Gasteiger partial charge in [-0.3, -0.25) is 4.79 Å². The molecule has 0 aromatic heterocycles. The summed E-state index contributed by atoms with van der Waals surface area (Å²) < 4.78 is 5.59. The van der Waals surface area contributed by atoms with Gasteiger partial charge >= 0.3 is 0 Å². The lowest BCUT2D eigenvalue weighted by Crippen LogP contribution is -2.44. The van der Waals surface area contributed by atoms with Crippen LogP contribution in [0.5, 0.6) is 5.75 Å². The van der Waals surface area contributed by atoms with Crippen molar-refractivity contribution in [2.45, 2.75) is 46.3 Å². The number of ether oxygens (including phenoxy) is 1. The van der Waals surface area contributed by atoms with Gasteiger partial charge in [0.05, 0.1) is 11.1 Å². The molecule has 1 amide bonds. The van der Waals surface area contributed by atoms with E-state index >= 15 is 0 Å². The van der Waals surface area contributed by atoms with Crippen molar-refractivity contribution in [3.63, 3.8) is 0 Å². The number of hydrogen-bond acceptors (Lipinski definition) is 3. The normalized spacial score (nSPS) is 14.6. The number of amides is 1. The Morgan fingerprint density at radius 3 is 2.59 bits per heavy atom. The molecule has 0 fully saturated rings. The van der Waals surface area contributed by atoms with Gasteiger partial charge in [-0.15, -0.1) is 0 Å². The summed E-state index contributed by atoms with van der Waals surface area (Å²) >= 11 is 12.1. The Bertz CT molecular complexity index is 584. The summed E-state index contributed by atoms with van der Waals surface area (Å²) in [6, 6.07) is 4.85. The van der Waals surface area contributed by atoms with Crippen molar-refractivity contribution in [3.05, 3.63) is 27.7 Å². The molecule has 3 atom stereocenters. The van der Waals surface area contributed by atoms with Crippen LogP contribution >= 0.6 is 23.2 Å². The number of carbonyl (C=O) groups excluding carboxylic acids is 1. The van der Waals surface area contributed by atoms with E-state index in [0.717, 1.165) is 6.42 Å². The van der Waals surface area contributed by atoms with Gasteiger partial charge in [0.1, 0.15) is 11.8 Å². The Morgan fingerprint density at radius 2 is 2.05 bits per heavy atom. The average Bonchev–Trinajstić information content (AvgIpc) is 2.51. The van der Waals surface area contributed by atoms with Gasteiger partial charge in [-0.1, -0.05) is 43.5 Å². The highest BCUT2D eigenvalue weighted by atomic mass is 35.5. The van der Waals surface area contributed by atoms with Crippen LogP contribution in [0.3, 0.4) is 0 Å². The van der Waals surface area contributed by atoms with E-state index in [1.807, 2.05) is 13.8 Å². The number of rotatable bonds is 6. The highest BCUT2D eigenvalue weighted by molar-refractivity contribution is 6.36. The predicted molar refractivity (Wildman–Crippen MR) is 88.3 cm³/mol. The molecule has 0 spiro atoms. The van der Waals surface area contributed by atoms with Crippen molar-refractivity contribution in [2.75, 3.05) is 0 Å². The fourth-order valence-corrected chi connectivity index (χ4v) is 2.19. The zero-order valence-electron chi connectivity index (χ0n) is 13.1. The first-order valence-corrected chi connectivity index (χ1v) is 7.88. The van der Waals surface area contributed by atoms with Crippen LogP contribution in [0, 0.1) is 24.2 Å². The summed E-state index contributed by atoms with van der Waals surface area (Å²) in [5, 5.41) is 12.7. The van der Waals surface area contributed by atoms with Gasteiger partial charge in [-0.25, -0.2) is 0 Å². The maximum atomic E-state index is 12.1. The lowest BCUT2D eigenvalue weighted by Gasteiger charge is -2.21. The standard InChI is InChI=1S/C16H20Cl2N2O2/c1-5-9(2)13(8-19)20-16(21)11(4)22-14-7-6-12(17)10(3)15(14)18/h6-7,9,11,13H,5H2,1-4H3,(H,20,21). The smallest absolute Gasteiger partial charge is 0.261 e. The molecule has 22 heavy (non-hydrogen) atoms. The highest BCUT2D eigenvalue weighted by Gasteiger charge is 2.23. The molecule has 0 aliphatic carbocycles. The number of nitriles is 1. The van der Waals surface area contributed by atoms with E-state index in [4.69, 9.17) is 33.2 Å². The molecule has 1 aromatic carbocycles. The Morgan fingerprint density at radius 1 is 1.41 bits per heavy atom. The van der Waals surface area contributed by atoms with Crippen LogP contribution in [0.4, 0.5) is 0 Å². The average molecular weight is 343 g/mol. The molecule has 1 aromatic rings. The molecular weight excluding hydrogens is 323 g/mol. The molecule has 120 valence electrons. The second kappa shape index (κ2) is 8.26. The van der Waals surface area contributed by atoms with Crippen molar-refractivity contribution in [1.29, 1.82) is 5.26 Å². The minimum absolute atomic E-state index is 0.0718. The second-order valence-corrected chi connectivity index (χ2v) is 6.03.